The molecule has 1 heterocycles. The van der Waals surface area contributed by atoms with E-state index in [0.717, 1.165) is 12.8 Å². The third-order valence-electron chi connectivity index (χ3n) is 3.31. The van der Waals surface area contributed by atoms with Crippen molar-refractivity contribution in [2.24, 2.45) is 11.7 Å². The molecule has 0 radical (unpaired) electrons. The molecule has 1 unspecified atom stereocenters. The maximum absolute atomic E-state index is 11.8. The Labute approximate surface area is 106 Å². The molecule has 2 rings (SSSR count). The molecule has 0 aromatic rings. The summed E-state index contributed by atoms with van der Waals surface area (Å²) in [5.41, 5.74) is 3.93. The van der Waals surface area contributed by atoms with E-state index < -0.39 is 11.5 Å². The van der Waals surface area contributed by atoms with Crippen LogP contribution in [0.1, 0.15) is 32.1 Å². The van der Waals surface area contributed by atoms with Crippen molar-refractivity contribution < 1.29 is 14.7 Å². The Morgan fingerprint density at radius 3 is 2.78 bits per heavy atom. The van der Waals surface area contributed by atoms with Crippen molar-refractivity contribution in [2.45, 2.75) is 37.7 Å². The summed E-state index contributed by atoms with van der Waals surface area (Å²) in [5.74, 6) is 5.10. The molecule has 2 aliphatic rings. The van der Waals surface area contributed by atoms with Gasteiger partial charge in [0.15, 0.2) is 0 Å². The van der Waals surface area contributed by atoms with Crippen molar-refractivity contribution in [1.29, 1.82) is 0 Å². The predicted molar refractivity (Wildman–Crippen MR) is 65.1 cm³/mol. The van der Waals surface area contributed by atoms with Gasteiger partial charge in [0.05, 0.1) is 18.6 Å². The third kappa shape index (κ3) is 3.47. The van der Waals surface area contributed by atoms with Crippen LogP contribution in [0.5, 0.6) is 0 Å². The van der Waals surface area contributed by atoms with E-state index in [-0.39, 0.29) is 18.9 Å². The van der Waals surface area contributed by atoms with Crippen LogP contribution in [0.25, 0.3) is 0 Å². The second kappa shape index (κ2) is 4.99. The number of amides is 2. The van der Waals surface area contributed by atoms with Crippen molar-refractivity contribution in [2.75, 3.05) is 13.1 Å². The molecule has 0 bridgehead atoms. The largest absolute Gasteiger partial charge is 0.388 e. The van der Waals surface area contributed by atoms with Gasteiger partial charge in [-0.05, 0) is 31.6 Å². The minimum atomic E-state index is -1.18. The second-order valence-corrected chi connectivity index (χ2v) is 5.24. The van der Waals surface area contributed by atoms with Crippen molar-refractivity contribution >= 4 is 11.8 Å². The molecule has 1 aliphatic heterocycles. The lowest BCUT2D eigenvalue weighted by molar-refractivity contribution is -0.136. The van der Waals surface area contributed by atoms with Gasteiger partial charge in [0.2, 0.25) is 5.91 Å². The highest BCUT2D eigenvalue weighted by Crippen LogP contribution is 2.27. The zero-order valence-corrected chi connectivity index (χ0v) is 10.3. The van der Waals surface area contributed by atoms with E-state index >= 15 is 0 Å². The van der Waals surface area contributed by atoms with Crippen LogP contribution in [0, 0.1) is 17.8 Å². The van der Waals surface area contributed by atoms with Crippen LogP contribution in [-0.4, -0.2) is 40.5 Å². The molecule has 3 N–H and O–H groups in total. The Morgan fingerprint density at radius 2 is 2.17 bits per heavy atom. The fraction of sp³-hybridized carbons (Fsp3) is 0.692. The second-order valence-electron chi connectivity index (χ2n) is 5.24. The van der Waals surface area contributed by atoms with Gasteiger partial charge >= 0.3 is 0 Å². The summed E-state index contributed by atoms with van der Waals surface area (Å²) in [4.78, 5) is 24.2. The van der Waals surface area contributed by atoms with Gasteiger partial charge in [-0.3, -0.25) is 9.59 Å². The van der Waals surface area contributed by atoms with Crippen LogP contribution in [0.15, 0.2) is 0 Å². The summed E-state index contributed by atoms with van der Waals surface area (Å²) in [7, 11) is 0. The molecule has 98 valence electrons. The SMILES string of the molecule is NC(=O)CC1(O)CCCN(C(=O)C#CC2CC2)C1. The Balaban J connectivity index is 1.95. The zero-order chi connectivity index (χ0) is 13.2. The normalized spacial score (nSPS) is 27.3. The van der Waals surface area contributed by atoms with Crippen LogP contribution in [-0.2, 0) is 9.59 Å². The average Bonchev–Trinajstić information content (AvgIpc) is 3.07. The molecule has 0 aromatic carbocycles. The fourth-order valence-corrected chi connectivity index (χ4v) is 2.22. The van der Waals surface area contributed by atoms with Crippen LogP contribution in [0.2, 0.25) is 0 Å². The van der Waals surface area contributed by atoms with Gasteiger partial charge < -0.3 is 15.7 Å². The molecule has 2 fully saturated rings. The third-order valence-corrected chi connectivity index (χ3v) is 3.31. The van der Waals surface area contributed by atoms with Gasteiger partial charge in [0.25, 0.3) is 5.91 Å². The first-order valence-electron chi connectivity index (χ1n) is 6.30. The minimum Gasteiger partial charge on any atom is -0.388 e. The number of β-amino-alcohol motifs (C(OH)–C–C–N with tert-alkyl or cyclic N) is 1. The molecule has 1 saturated heterocycles. The first-order chi connectivity index (χ1) is 8.48. The molecule has 1 aliphatic carbocycles. The average molecular weight is 250 g/mol. The molecule has 0 aromatic heterocycles. The van der Waals surface area contributed by atoms with Crippen molar-refractivity contribution in [1.82, 2.24) is 4.90 Å². The molecule has 5 nitrogen and oxygen atoms in total. The fourth-order valence-electron chi connectivity index (χ4n) is 2.22. The Bertz CT molecular complexity index is 420. The van der Waals surface area contributed by atoms with Gasteiger partial charge in [0, 0.05) is 12.5 Å². The highest BCUT2D eigenvalue weighted by molar-refractivity contribution is 5.93. The Kier molecular flexibility index (Phi) is 3.58. The summed E-state index contributed by atoms with van der Waals surface area (Å²) in [6.45, 7) is 0.730. The van der Waals surface area contributed by atoms with Crippen molar-refractivity contribution in [3.8, 4) is 11.8 Å². The summed E-state index contributed by atoms with van der Waals surface area (Å²) in [5, 5.41) is 10.2. The number of aliphatic hydroxyl groups is 1. The smallest absolute Gasteiger partial charge is 0.298 e. The number of rotatable bonds is 2. The summed E-state index contributed by atoms with van der Waals surface area (Å²) < 4.78 is 0. The molecule has 5 heteroatoms. The summed E-state index contributed by atoms with van der Waals surface area (Å²) in [6, 6.07) is 0. The molecule has 0 spiro atoms. The van der Waals surface area contributed by atoms with E-state index in [1.807, 2.05) is 0 Å². The topological polar surface area (TPSA) is 83.6 Å². The van der Waals surface area contributed by atoms with Crippen LogP contribution >= 0.6 is 0 Å². The summed E-state index contributed by atoms with van der Waals surface area (Å²) >= 11 is 0. The number of hydrogen-bond acceptors (Lipinski definition) is 3. The first-order valence-corrected chi connectivity index (χ1v) is 6.30. The van der Waals surface area contributed by atoms with Crippen molar-refractivity contribution in [3.63, 3.8) is 0 Å². The van der Waals surface area contributed by atoms with Gasteiger partial charge in [0.1, 0.15) is 0 Å². The lowest BCUT2D eigenvalue weighted by atomic mass is 9.89. The number of hydrogen-bond donors (Lipinski definition) is 2. The number of nitrogens with zero attached hydrogens (tertiary/aromatic N) is 1. The van der Waals surface area contributed by atoms with Crippen LogP contribution in [0.4, 0.5) is 0 Å². The number of carbonyl (C=O) groups is 2. The van der Waals surface area contributed by atoms with Gasteiger partial charge in [-0.2, -0.15) is 0 Å². The maximum Gasteiger partial charge on any atom is 0.298 e. The van der Waals surface area contributed by atoms with Crippen molar-refractivity contribution in [3.05, 3.63) is 0 Å². The highest BCUT2D eigenvalue weighted by atomic mass is 16.3. The Morgan fingerprint density at radius 1 is 1.44 bits per heavy atom. The standard InChI is InChI=1S/C13H18N2O3/c14-11(16)8-13(18)6-1-7-15(9-13)12(17)5-4-10-2-3-10/h10,18H,1-3,6-9H2,(H2,14,16). The van der Waals surface area contributed by atoms with Gasteiger partial charge in [-0.1, -0.05) is 5.92 Å². The lowest BCUT2D eigenvalue weighted by Gasteiger charge is -2.37. The minimum absolute atomic E-state index is 0.104. The quantitative estimate of drug-likeness (QED) is 0.656. The number of nitrogens with two attached hydrogens (primary N) is 1. The molecule has 18 heavy (non-hydrogen) atoms. The number of primary amides is 1. The molecule has 2 amide bonds. The van der Waals surface area contributed by atoms with E-state index in [9.17, 15) is 14.7 Å². The van der Waals surface area contributed by atoms with E-state index in [2.05, 4.69) is 11.8 Å². The molecular weight excluding hydrogens is 232 g/mol. The monoisotopic (exact) mass is 250 g/mol. The van der Waals surface area contributed by atoms with Crippen LogP contribution < -0.4 is 5.73 Å². The molecule has 1 saturated carbocycles. The maximum atomic E-state index is 11.8. The zero-order valence-electron chi connectivity index (χ0n) is 10.3. The number of carbonyl (C=O) groups excluding carboxylic acids is 2. The predicted octanol–water partition coefficient (Wildman–Crippen LogP) is -0.371. The Hall–Kier alpha value is -1.54. The van der Waals surface area contributed by atoms with E-state index in [0.29, 0.717) is 25.3 Å². The van der Waals surface area contributed by atoms with Gasteiger partial charge in [-0.15, -0.1) is 0 Å². The summed E-state index contributed by atoms with van der Waals surface area (Å²) in [6.07, 6.45) is 3.21. The molecular formula is C13H18N2O3. The van der Waals surface area contributed by atoms with Crippen LogP contribution in [0.3, 0.4) is 0 Å². The highest BCUT2D eigenvalue weighted by Gasteiger charge is 2.36. The van der Waals surface area contributed by atoms with Gasteiger partial charge in [-0.25, -0.2) is 0 Å². The number of likely N-dealkylation sites (tertiary alicyclic amines) is 1. The van der Waals surface area contributed by atoms with E-state index in [1.165, 1.54) is 4.90 Å². The number of piperidine rings is 1. The van der Waals surface area contributed by atoms with E-state index in [4.69, 9.17) is 5.73 Å². The molecule has 1 atom stereocenters. The lowest BCUT2D eigenvalue weighted by Crippen LogP contribution is -2.51. The first kappa shape index (κ1) is 12.9. The van der Waals surface area contributed by atoms with E-state index in [1.54, 1.807) is 0 Å².